The first kappa shape index (κ1) is 25.2. The van der Waals surface area contributed by atoms with E-state index in [9.17, 15) is 10.2 Å². The molecule has 0 aliphatic carbocycles. The minimum atomic E-state index is -0.459. The summed E-state index contributed by atoms with van der Waals surface area (Å²) in [6, 6.07) is 18.3. The smallest absolute Gasteiger partial charge is 0.126 e. The highest BCUT2D eigenvalue weighted by atomic mass is 16.5. The zero-order valence-corrected chi connectivity index (χ0v) is 21.4. The summed E-state index contributed by atoms with van der Waals surface area (Å²) in [5.41, 5.74) is 6.69. The molecule has 3 aromatic carbocycles. The quantitative estimate of drug-likeness (QED) is 0.349. The van der Waals surface area contributed by atoms with Crippen LogP contribution in [0.25, 0.3) is 11.1 Å². The third kappa shape index (κ3) is 5.76. The Morgan fingerprint density at radius 1 is 1.03 bits per heavy atom. The summed E-state index contributed by atoms with van der Waals surface area (Å²) in [5, 5.41) is 19.5. The monoisotopic (exact) mass is 502 g/mol. The Hall–Kier alpha value is -3.48. The lowest BCUT2D eigenvalue weighted by molar-refractivity contribution is 0.0109. The van der Waals surface area contributed by atoms with Crippen molar-refractivity contribution in [3.05, 3.63) is 89.2 Å². The summed E-state index contributed by atoms with van der Waals surface area (Å²) in [6.07, 6.45) is 0.437. The Morgan fingerprint density at radius 2 is 1.84 bits per heavy atom. The summed E-state index contributed by atoms with van der Waals surface area (Å²) in [4.78, 5) is 0. The maximum atomic E-state index is 9.96. The third-order valence-corrected chi connectivity index (χ3v) is 7.06. The molecule has 6 heteroatoms. The van der Waals surface area contributed by atoms with Crippen LogP contribution < -0.4 is 14.2 Å². The number of hydrogen-bond acceptors (Lipinski definition) is 6. The number of aryl methyl sites for hydroxylation is 2. The maximum Gasteiger partial charge on any atom is 0.126 e. The molecule has 2 aliphatic heterocycles. The zero-order chi connectivity index (χ0) is 25.9. The second kappa shape index (κ2) is 10.9. The highest BCUT2D eigenvalue weighted by molar-refractivity contribution is 5.72. The summed E-state index contributed by atoms with van der Waals surface area (Å²) in [7, 11) is 0. The van der Waals surface area contributed by atoms with Crippen molar-refractivity contribution < 1.29 is 29.2 Å². The van der Waals surface area contributed by atoms with Crippen LogP contribution in [-0.4, -0.2) is 42.2 Å². The van der Waals surface area contributed by atoms with Gasteiger partial charge in [-0.25, -0.2) is 0 Å². The van der Waals surface area contributed by atoms with E-state index < -0.39 is 6.10 Å². The van der Waals surface area contributed by atoms with Crippen molar-refractivity contribution in [2.24, 2.45) is 0 Å². The lowest BCUT2D eigenvalue weighted by Gasteiger charge is -2.18. The van der Waals surface area contributed by atoms with Crippen LogP contribution in [-0.2, 0) is 11.3 Å². The van der Waals surface area contributed by atoms with Crippen molar-refractivity contribution >= 4 is 0 Å². The van der Waals surface area contributed by atoms with Crippen LogP contribution >= 0.6 is 0 Å². The average molecular weight is 503 g/mol. The molecule has 0 aromatic heterocycles. The maximum absolute atomic E-state index is 9.96. The van der Waals surface area contributed by atoms with Gasteiger partial charge in [0, 0.05) is 30.6 Å². The van der Waals surface area contributed by atoms with Gasteiger partial charge in [-0.05, 0) is 72.4 Å². The van der Waals surface area contributed by atoms with Crippen molar-refractivity contribution in [2.75, 3.05) is 19.8 Å². The number of fused-ring (bicyclic) bond motifs is 1. The van der Waals surface area contributed by atoms with Gasteiger partial charge in [-0.3, -0.25) is 0 Å². The second-order valence-electron chi connectivity index (χ2n) is 9.98. The summed E-state index contributed by atoms with van der Waals surface area (Å²) < 4.78 is 23.4. The van der Waals surface area contributed by atoms with Crippen molar-refractivity contribution in [1.29, 1.82) is 0 Å². The van der Waals surface area contributed by atoms with Gasteiger partial charge in [-0.1, -0.05) is 30.8 Å². The van der Waals surface area contributed by atoms with Gasteiger partial charge in [0.25, 0.3) is 0 Å². The molecule has 2 heterocycles. The number of rotatable bonds is 9. The highest BCUT2D eigenvalue weighted by Crippen LogP contribution is 2.39. The van der Waals surface area contributed by atoms with Crippen LogP contribution in [0.2, 0.25) is 0 Å². The first-order valence-corrected chi connectivity index (χ1v) is 12.8. The first-order valence-electron chi connectivity index (χ1n) is 12.8. The molecule has 0 spiro atoms. The summed E-state index contributed by atoms with van der Waals surface area (Å²) >= 11 is 0. The molecule has 0 saturated carbocycles. The molecule has 194 valence electrons. The van der Waals surface area contributed by atoms with E-state index in [1.54, 1.807) is 0 Å². The minimum Gasteiger partial charge on any atom is -0.513 e. The molecule has 3 aromatic rings. The van der Waals surface area contributed by atoms with Gasteiger partial charge < -0.3 is 29.2 Å². The van der Waals surface area contributed by atoms with E-state index in [0.29, 0.717) is 39.3 Å². The number of aliphatic hydroxyl groups is 2. The van der Waals surface area contributed by atoms with Gasteiger partial charge >= 0.3 is 0 Å². The molecule has 2 aliphatic rings. The van der Waals surface area contributed by atoms with Crippen LogP contribution in [0.1, 0.15) is 41.0 Å². The second-order valence-corrected chi connectivity index (χ2v) is 9.98. The number of benzene rings is 3. The highest BCUT2D eigenvalue weighted by Gasteiger charge is 2.27. The van der Waals surface area contributed by atoms with E-state index in [1.165, 1.54) is 5.56 Å². The molecular weight excluding hydrogens is 468 g/mol. The van der Waals surface area contributed by atoms with E-state index in [1.807, 2.05) is 36.4 Å². The lowest BCUT2D eigenvalue weighted by Crippen LogP contribution is -2.27. The molecule has 5 rings (SSSR count). The predicted octanol–water partition coefficient (Wildman–Crippen LogP) is 6.02. The first-order chi connectivity index (χ1) is 17.9. The van der Waals surface area contributed by atoms with Crippen LogP contribution in [0.5, 0.6) is 17.2 Å². The van der Waals surface area contributed by atoms with Gasteiger partial charge in [-0.15, -0.1) is 0 Å². The molecule has 37 heavy (non-hydrogen) atoms. The normalized spacial score (nSPS) is 20.4. The number of allylic oxidation sites excluding steroid dienone is 1. The third-order valence-electron chi connectivity index (χ3n) is 7.06. The Labute approximate surface area is 218 Å². The Kier molecular flexibility index (Phi) is 7.40. The molecule has 3 atom stereocenters. The Bertz CT molecular complexity index is 1260. The van der Waals surface area contributed by atoms with Crippen LogP contribution in [0.3, 0.4) is 0 Å². The average Bonchev–Trinajstić information content (AvgIpc) is 3.46. The fraction of sp³-hybridized carbons (Fsp3) is 0.355. The predicted molar refractivity (Wildman–Crippen MR) is 143 cm³/mol. The zero-order valence-electron chi connectivity index (χ0n) is 21.4. The molecule has 0 amide bonds. The van der Waals surface area contributed by atoms with Gasteiger partial charge in [0.2, 0.25) is 0 Å². The lowest BCUT2D eigenvalue weighted by atomic mass is 9.94. The molecule has 0 radical (unpaired) electrons. The van der Waals surface area contributed by atoms with E-state index >= 15 is 0 Å². The van der Waals surface area contributed by atoms with E-state index in [0.717, 1.165) is 45.1 Å². The molecule has 0 bridgehead atoms. The topological polar surface area (TPSA) is 77.4 Å². The standard InChI is InChI=1S/C31H34O6/c1-19-11-26(36-18-30-28(33)9-10-34-30)12-20(2)31(19)23-6-4-5-22(14-23)16-35-25-7-8-27-24(13-21(3)32)17-37-29(27)15-25/h4-8,11-12,14-15,24,28,30,32-33H,3,9-10,13,16-18H2,1-2H3/t24?,28-,30+/m0/s1. The van der Waals surface area contributed by atoms with E-state index in [4.69, 9.17) is 18.9 Å². The molecule has 1 unspecified atom stereocenters. The summed E-state index contributed by atoms with van der Waals surface area (Å²) in [6.45, 7) is 9.67. The summed E-state index contributed by atoms with van der Waals surface area (Å²) in [5.74, 6) is 2.64. The van der Waals surface area contributed by atoms with Crippen molar-refractivity contribution in [3.63, 3.8) is 0 Å². The van der Waals surface area contributed by atoms with Gasteiger partial charge in [-0.2, -0.15) is 0 Å². The Balaban J connectivity index is 1.25. The number of hydrogen-bond donors (Lipinski definition) is 2. The largest absolute Gasteiger partial charge is 0.513 e. The van der Waals surface area contributed by atoms with Gasteiger partial charge in [0.05, 0.1) is 18.5 Å². The Morgan fingerprint density at radius 3 is 2.57 bits per heavy atom. The van der Waals surface area contributed by atoms with Gasteiger partial charge in [0.15, 0.2) is 0 Å². The molecule has 6 nitrogen and oxygen atoms in total. The number of ether oxygens (including phenoxy) is 4. The molecular formula is C31H34O6. The van der Waals surface area contributed by atoms with Gasteiger partial charge in [0.1, 0.15) is 36.6 Å². The van der Waals surface area contributed by atoms with Crippen molar-refractivity contribution in [3.8, 4) is 28.4 Å². The van der Waals surface area contributed by atoms with Crippen LogP contribution in [0.15, 0.2) is 66.9 Å². The van der Waals surface area contributed by atoms with Crippen LogP contribution in [0.4, 0.5) is 0 Å². The number of aliphatic hydroxyl groups excluding tert-OH is 2. The minimum absolute atomic E-state index is 0.129. The van der Waals surface area contributed by atoms with E-state index in [2.05, 4.69) is 38.6 Å². The SMILES string of the molecule is C=C(O)CC1COc2cc(OCc3cccc(-c4c(C)cc(OC[C@H]5OCC[C@@H]5O)cc4C)c3)ccc21. The molecule has 2 N–H and O–H groups in total. The van der Waals surface area contributed by atoms with E-state index in [-0.39, 0.29) is 17.8 Å². The van der Waals surface area contributed by atoms with Crippen molar-refractivity contribution in [1.82, 2.24) is 0 Å². The molecule has 1 saturated heterocycles. The van der Waals surface area contributed by atoms with Crippen molar-refractivity contribution in [2.45, 2.75) is 51.4 Å². The molecule has 1 fully saturated rings. The fourth-order valence-electron chi connectivity index (χ4n) is 5.22. The fourth-order valence-corrected chi connectivity index (χ4v) is 5.22. The van der Waals surface area contributed by atoms with Crippen LogP contribution in [0, 0.1) is 13.8 Å².